The van der Waals surface area contributed by atoms with Crippen molar-refractivity contribution in [2.24, 2.45) is 7.05 Å². The molecule has 1 aromatic rings. The van der Waals surface area contributed by atoms with E-state index < -0.39 is 0 Å². The first-order chi connectivity index (χ1) is 8.84. The molecule has 0 spiro atoms. The van der Waals surface area contributed by atoms with Crippen LogP contribution in [0.5, 0.6) is 0 Å². The van der Waals surface area contributed by atoms with Crippen LogP contribution in [0, 0.1) is 0 Å². The fourth-order valence-electron chi connectivity index (χ4n) is 2.13. The van der Waals surface area contributed by atoms with Gasteiger partial charge in [0.2, 0.25) is 0 Å². The molecule has 0 aliphatic rings. The lowest BCUT2D eigenvalue weighted by Crippen LogP contribution is -2.42. The summed E-state index contributed by atoms with van der Waals surface area (Å²) in [5.41, 5.74) is 6.19. The van der Waals surface area contributed by atoms with Gasteiger partial charge in [0.05, 0.1) is 6.20 Å². The third-order valence-corrected chi connectivity index (χ3v) is 3.21. The fourth-order valence-corrected chi connectivity index (χ4v) is 2.13. The van der Waals surface area contributed by atoms with Crippen molar-refractivity contribution in [3.05, 3.63) is 11.8 Å². The minimum atomic E-state index is -0.168. The first kappa shape index (κ1) is 15.5. The van der Waals surface area contributed by atoms with Gasteiger partial charge in [0.1, 0.15) is 11.4 Å². The molecule has 19 heavy (non-hydrogen) atoms. The van der Waals surface area contributed by atoms with Gasteiger partial charge < -0.3 is 11.1 Å². The first-order valence-electron chi connectivity index (χ1n) is 6.66. The average Bonchev–Trinajstić information content (AvgIpc) is 2.64. The van der Waals surface area contributed by atoms with Crippen molar-refractivity contribution in [1.82, 2.24) is 20.0 Å². The summed E-state index contributed by atoms with van der Waals surface area (Å²) in [4.78, 5) is 14.3. The molecule has 1 amide bonds. The van der Waals surface area contributed by atoms with Gasteiger partial charge in [-0.25, -0.2) is 0 Å². The number of nitrogens with one attached hydrogen (secondary N) is 1. The van der Waals surface area contributed by atoms with Crippen molar-refractivity contribution in [3.8, 4) is 0 Å². The summed E-state index contributed by atoms with van der Waals surface area (Å²) >= 11 is 0. The maximum atomic E-state index is 11.9. The quantitative estimate of drug-likeness (QED) is 0.801. The minimum absolute atomic E-state index is 0.168. The van der Waals surface area contributed by atoms with Crippen LogP contribution in [-0.2, 0) is 7.05 Å². The van der Waals surface area contributed by atoms with Crippen LogP contribution in [-0.4, -0.2) is 45.8 Å². The summed E-state index contributed by atoms with van der Waals surface area (Å²) in [7, 11) is 1.71. The maximum Gasteiger partial charge on any atom is 0.256 e. The predicted octanol–water partition coefficient (Wildman–Crippen LogP) is 0.851. The first-order valence-corrected chi connectivity index (χ1v) is 6.66. The smallest absolute Gasteiger partial charge is 0.256 e. The second-order valence-electron chi connectivity index (χ2n) is 5.25. The van der Waals surface area contributed by atoms with Crippen LogP contribution in [0.1, 0.15) is 38.1 Å². The van der Waals surface area contributed by atoms with E-state index in [2.05, 4.69) is 43.0 Å². The number of anilines is 1. The predicted molar refractivity (Wildman–Crippen MR) is 76.9 cm³/mol. The number of carbonyl (C=O) groups excluding carboxylic acids is 1. The molecular weight excluding hydrogens is 242 g/mol. The van der Waals surface area contributed by atoms with Crippen molar-refractivity contribution in [2.45, 2.75) is 39.8 Å². The van der Waals surface area contributed by atoms with E-state index in [0.717, 1.165) is 6.54 Å². The third-order valence-electron chi connectivity index (χ3n) is 3.21. The lowest BCUT2D eigenvalue weighted by molar-refractivity contribution is 0.0940. The van der Waals surface area contributed by atoms with Crippen molar-refractivity contribution in [2.75, 3.05) is 18.8 Å². The number of nitrogens with zero attached hydrogens (tertiary/aromatic N) is 3. The Labute approximate surface area is 114 Å². The average molecular weight is 267 g/mol. The largest absolute Gasteiger partial charge is 0.383 e. The Kier molecular flexibility index (Phi) is 5.35. The Morgan fingerprint density at radius 3 is 2.42 bits per heavy atom. The van der Waals surface area contributed by atoms with Gasteiger partial charge in [-0.2, -0.15) is 5.10 Å². The molecule has 1 aromatic heterocycles. The minimum Gasteiger partial charge on any atom is -0.383 e. The number of hydrogen-bond acceptors (Lipinski definition) is 4. The molecule has 0 saturated carbocycles. The zero-order valence-corrected chi connectivity index (χ0v) is 12.5. The van der Waals surface area contributed by atoms with E-state index in [1.165, 1.54) is 10.9 Å². The zero-order valence-electron chi connectivity index (χ0n) is 12.5. The molecule has 0 unspecified atom stereocenters. The van der Waals surface area contributed by atoms with Crippen LogP contribution in [0.4, 0.5) is 5.82 Å². The van der Waals surface area contributed by atoms with Gasteiger partial charge in [0.25, 0.3) is 5.91 Å². The highest BCUT2D eigenvalue weighted by Gasteiger charge is 2.15. The molecule has 0 radical (unpaired) electrons. The molecule has 0 saturated heterocycles. The summed E-state index contributed by atoms with van der Waals surface area (Å²) in [5, 5.41) is 6.84. The lowest BCUT2D eigenvalue weighted by Gasteiger charge is -2.30. The van der Waals surface area contributed by atoms with Gasteiger partial charge in [-0.1, -0.05) is 0 Å². The van der Waals surface area contributed by atoms with E-state index in [-0.39, 0.29) is 5.91 Å². The Morgan fingerprint density at radius 1 is 1.42 bits per heavy atom. The van der Waals surface area contributed by atoms with Crippen LogP contribution >= 0.6 is 0 Å². The number of aromatic nitrogens is 2. The van der Waals surface area contributed by atoms with E-state index in [1.54, 1.807) is 7.05 Å². The van der Waals surface area contributed by atoms with Gasteiger partial charge in [-0.15, -0.1) is 0 Å². The lowest BCUT2D eigenvalue weighted by atomic mass is 10.2. The van der Waals surface area contributed by atoms with Crippen LogP contribution in [0.15, 0.2) is 6.20 Å². The van der Waals surface area contributed by atoms with Gasteiger partial charge in [-0.05, 0) is 27.7 Å². The molecule has 0 atom stereocenters. The number of nitrogen functional groups attached to an aromatic ring is 1. The van der Waals surface area contributed by atoms with E-state index >= 15 is 0 Å². The van der Waals surface area contributed by atoms with E-state index in [9.17, 15) is 4.79 Å². The topological polar surface area (TPSA) is 76.2 Å². The normalized spacial score (nSPS) is 11.6. The summed E-state index contributed by atoms with van der Waals surface area (Å²) in [6.07, 6.45) is 1.49. The molecule has 1 heterocycles. The van der Waals surface area contributed by atoms with E-state index in [0.29, 0.717) is 30.0 Å². The molecule has 6 heteroatoms. The van der Waals surface area contributed by atoms with Crippen molar-refractivity contribution < 1.29 is 4.79 Å². The van der Waals surface area contributed by atoms with E-state index in [1.807, 2.05) is 0 Å². The van der Waals surface area contributed by atoms with Gasteiger partial charge >= 0.3 is 0 Å². The van der Waals surface area contributed by atoms with Gasteiger partial charge in [0.15, 0.2) is 0 Å². The molecule has 3 N–H and O–H groups in total. The molecule has 0 aliphatic heterocycles. The Balaban J connectivity index is 2.49. The van der Waals surface area contributed by atoms with Gasteiger partial charge in [-0.3, -0.25) is 14.4 Å². The monoisotopic (exact) mass is 267 g/mol. The second kappa shape index (κ2) is 6.56. The summed E-state index contributed by atoms with van der Waals surface area (Å²) in [6, 6.07) is 0.917. The molecular formula is C13H25N5O. The third kappa shape index (κ3) is 3.96. The number of amides is 1. The molecule has 6 nitrogen and oxygen atoms in total. The summed E-state index contributed by atoms with van der Waals surface area (Å²) in [6.45, 7) is 10.0. The highest BCUT2D eigenvalue weighted by molar-refractivity contribution is 5.98. The molecule has 0 aromatic carbocycles. The number of nitrogens with two attached hydrogens (primary N) is 1. The zero-order chi connectivity index (χ0) is 14.6. The number of hydrogen-bond donors (Lipinski definition) is 2. The summed E-state index contributed by atoms with van der Waals surface area (Å²) < 4.78 is 1.49. The second-order valence-corrected chi connectivity index (χ2v) is 5.25. The van der Waals surface area contributed by atoms with Crippen LogP contribution in [0.3, 0.4) is 0 Å². The van der Waals surface area contributed by atoms with Crippen LogP contribution in [0.25, 0.3) is 0 Å². The fraction of sp³-hybridized carbons (Fsp3) is 0.692. The molecule has 0 fully saturated rings. The maximum absolute atomic E-state index is 11.9. The number of carbonyl (C=O) groups is 1. The van der Waals surface area contributed by atoms with Crippen LogP contribution in [0.2, 0.25) is 0 Å². The highest BCUT2D eigenvalue weighted by atomic mass is 16.1. The Hall–Kier alpha value is -1.56. The van der Waals surface area contributed by atoms with Crippen molar-refractivity contribution in [1.29, 1.82) is 0 Å². The van der Waals surface area contributed by atoms with Crippen LogP contribution < -0.4 is 11.1 Å². The molecule has 1 rings (SSSR count). The Morgan fingerprint density at radius 2 is 2.00 bits per heavy atom. The molecule has 108 valence electrons. The molecule has 0 aliphatic carbocycles. The van der Waals surface area contributed by atoms with Gasteiger partial charge in [0, 0.05) is 32.2 Å². The van der Waals surface area contributed by atoms with Crippen molar-refractivity contribution >= 4 is 11.7 Å². The van der Waals surface area contributed by atoms with E-state index in [4.69, 9.17) is 5.73 Å². The summed E-state index contributed by atoms with van der Waals surface area (Å²) in [5.74, 6) is 0.222. The molecule has 0 bridgehead atoms. The number of rotatable bonds is 6. The number of aryl methyl sites for hydroxylation is 1. The standard InChI is InChI=1S/C13H25N5O/c1-9(2)18(10(3)4)7-6-15-13(19)11-8-16-17(5)12(11)14/h8-10H,6-7,14H2,1-5H3,(H,15,19). The SMILES string of the molecule is CC(C)N(CCNC(=O)c1cnn(C)c1N)C(C)C. The van der Waals surface area contributed by atoms with Crippen molar-refractivity contribution in [3.63, 3.8) is 0 Å². The highest BCUT2D eigenvalue weighted by Crippen LogP contribution is 2.08. The Bertz CT molecular complexity index is 417.